The molecule has 0 heterocycles. The van der Waals surface area contributed by atoms with E-state index < -0.39 is 22.0 Å². The summed E-state index contributed by atoms with van der Waals surface area (Å²) in [5, 5.41) is 29.9. The summed E-state index contributed by atoms with van der Waals surface area (Å²) in [6.45, 7) is 9.34. The largest absolute Gasteiger partial charge is 0.507 e. The normalized spacial score (nSPS) is 12.9. The predicted octanol–water partition coefficient (Wildman–Crippen LogP) is 5.70. The molecular weight excluding hydrogens is 568 g/mol. The fourth-order valence-electron chi connectivity index (χ4n) is 4.67. The minimum Gasteiger partial charge on any atom is -0.507 e. The van der Waals surface area contributed by atoms with E-state index in [-0.39, 0.29) is 29.6 Å². The third-order valence-corrected chi connectivity index (χ3v) is 8.69. The lowest BCUT2D eigenvalue weighted by atomic mass is 9.96. The zero-order valence-corrected chi connectivity index (χ0v) is 25.8. The summed E-state index contributed by atoms with van der Waals surface area (Å²) in [5.41, 5.74) is 5.50. The van der Waals surface area contributed by atoms with Gasteiger partial charge in [0.15, 0.2) is 0 Å². The molecule has 0 aliphatic carbocycles. The topological polar surface area (TPSA) is 123 Å². The molecule has 4 rings (SSSR count). The number of aryl methyl sites for hydroxylation is 4. The molecule has 4 aromatic rings. The number of aromatic hydroxyl groups is 1. The Morgan fingerprint density at radius 1 is 0.628 bits per heavy atom. The Balaban J connectivity index is 1.33. The van der Waals surface area contributed by atoms with Crippen molar-refractivity contribution in [2.75, 3.05) is 19.8 Å². The first-order chi connectivity index (χ1) is 20.3. The second-order valence-corrected chi connectivity index (χ2v) is 12.7. The average molecular weight is 607 g/mol. The summed E-state index contributed by atoms with van der Waals surface area (Å²) < 4.78 is 43.1. The van der Waals surface area contributed by atoms with Gasteiger partial charge in [0.2, 0.25) is 9.84 Å². The lowest BCUT2D eigenvalue weighted by molar-refractivity contribution is 0.0621. The lowest BCUT2D eigenvalue weighted by Crippen LogP contribution is -2.25. The quantitative estimate of drug-likeness (QED) is 0.188. The molecule has 0 bridgehead atoms. The number of aliphatic hydroxyl groups is 2. The Bertz CT molecular complexity index is 1610. The summed E-state index contributed by atoms with van der Waals surface area (Å²) >= 11 is 0. The highest BCUT2D eigenvalue weighted by molar-refractivity contribution is 7.91. The number of rotatable bonds is 12. The molecule has 4 aromatic carbocycles. The van der Waals surface area contributed by atoms with Gasteiger partial charge in [0, 0.05) is 0 Å². The maximum absolute atomic E-state index is 13.0. The van der Waals surface area contributed by atoms with Gasteiger partial charge in [-0.15, -0.1) is 0 Å². The van der Waals surface area contributed by atoms with E-state index in [0.717, 1.165) is 33.4 Å². The van der Waals surface area contributed by atoms with Crippen LogP contribution >= 0.6 is 0 Å². The van der Waals surface area contributed by atoms with E-state index in [1.54, 1.807) is 31.2 Å². The molecule has 0 fully saturated rings. The van der Waals surface area contributed by atoms with Crippen molar-refractivity contribution in [2.24, 2.45) is 0 Å². The van der Waals surface area contributed by atoms with Crippen molar-refractivity contribution in [3.05, 3.63) is 95.1 Å². The molecule has 0 spiro atoms. The van der Waals surface area contributed by atoms with E-state index in [0.29, 0.717) is 23.0 Å². The highest BCUT2D eigenvalue weighted by Crippen LogP contribution is 2.34. The molecule has 0 amide bonds. The number of phenols is 1. The molecule has 8 nitrogen and oxygen atoms in total. The highest BCUT2D eigenvalue weighted by atomic mass is 32.2. The van der Waals surface area contributed by atoms with Gasteiger partial charge in [0.1, 0.15) is 48.9 Å². The molecular formula is C34H38O8S. The van der Waals surface area contributed by atoms with Crippen molar-refractivity contribution >= 4 is 9.84 Å². The van der Waals surface area contributed by atoms with Gasteiger partial charge in [-0.1, -0.05) is 0 Å². The van der Waals surface area contributed by atoms with Crippen LogP contribution < -0.4 is 14.2 Å². The van der Waals surface area contributed by atoms with Gasteiger partial charge in [0.05, 0.1) is 15.9 Å². The maximum atomic E-state index is 13.0. The van der Waals surface area contributed by atoms with E-state index in [9.17, 15) is 23.7 Å². The van der Waals surface area contributed by atoms with Gasteiger partial charge >= 0.3 is 0 Å². The van der Waals surface area contributed by atoms with Crippen molar-refractivity contribution < 1.29 is 37.9 Å². The number of benzene rings is 4. The number of phenolic OH excluding ortho intramolecular Hbond substituents is 1. The van der Waals surface area contributed by atoms with Gasteiger partial charge in [-0.3, -0.25) is 0 Å². The Morgan fingerprint density at radius 3 is 1.47 bits per heavy atom. The summed E-state index contributed by atoms with van der Waals surface area (Å²) in [4.78, 5) is 0.221. The molecule has 9 heteroatoms. The van der Waals surface area contributed by atoms with Gasteiger partial charge in [0.25, 0.3) is 0 Å². The van der Waals surface area contributed by atoms with Crippen LogP contribution in [0.3, 0.4) is 0 Å². The highest BCUT2D eigenvalue weighted by Gasteiger charge is 2.18. The number of hydrogen-bond donors (Lipinski definition) is 3. The number of aliphatic hydroxyl groups excluding tert-OH is 2. The molecule has 0 aromatic heterocycles. The third-order valence-electron chi connectivity index (χ3n) is 6.91. The van der Waals surface area contributed by atoms with Crippen LogP contribution in [-0.4, -0.2) is 55.8 Å². The van der Waals surface area contributed by atoms with Gasteiger partial charge < -0.3 is 29.5 Å². The molecule has 0 saturated heterocycles. The van der Waals surface area contributed by atoms with Crippen LogP contribution in [0.5, 0.6) is 23.0 Å². The van der Waals surface area contributed by atoms with Crippen LogP contribution in [-0.2, 0) is 9.84 Å². The minimum atomic E-state index is -3.75. The van der Waals surface area contributed by atoms with E-state index in [1.807, 2.05) is 52.0 Å². The number of ether oxygens (including phenoxy) is 3. The molecule has 0 radical (unpaired) electrons. The minimum absolute atomic E-state index is 0.0157. The smallest absolute Gasteiger partial charge is 0.206 e. The fraction of sp³-hybridized carbons (Fsp3) is 0.294. The van der Waals surface area contributed by atoms with Crippen LogP contribution in [0, 0.1) is 27.7 Å². The van der Waals surface area contributed by atoms with E-state index in [1.165, 1.54) is 24.3 Å². The third kappa shape index (κ3) is 7.87. The van der Waals surface area contributed by atoms with Crippen molar-refractivity contribution in [1.82, 2.24) is 0 Å². The predicted molar refractivity (Wildman–Crippen MR) is 165 cm³/mol. The van der Waals surface area contributed by atoms with Crippen LogP contribution in [0.15, 0.2) is 82.6 Å². The van der Waals surface area contributed by atoms with E-state index in [2.05, 4.69) is 0 Å². The molecule has 3 N–H and O–H groups in total. The van der Waals surface area contributed by atoms with Gasteiger partial charge in [-0.2, -0.15) is 0 Å². The summed E-state index contributed by atoms with van der Waals surface area (Å²) in [7, 11) is -3.75. The van der Waals surface area contributed by atoms with Crippen molar-refractivity contribution in [3.63, 3.8) is 0 Å². The molecule has 2 atom stereocenters. The summed E-state index contributed by atoms with van der Waals surface area (Å²) in [5.74, 6) is 1.87. The average Bonchev–Trinajstić information content (AvgIpc) is 2.97. The van der Waals surface area contributed by atoms with Crippen molar-refractivity contribution in [2.45, 2.75) is 56.6 Å². The first-order valence-electron chi connectivity index (χ1n) is 14.0. The van der Waals surface area contributed by atoms with E-state index in [4.69, 9.17) is 14.2 Å². The van der Waals surface area contributed by atoms with Gasteiger partial charge in [-0.25, -0.2) is 8.42 Å². The first-order valence-corrected chi connectivity index (χ1v) is 15.4. The Labute approximate surface area is 253 Å². The fourth-order valence-corrected chi connectivity index (χ4v) is 5.93. The van der Waals surface area contributed by atoms with Crippen LogP contribution in [0.4, 0.5) is 0 Å². The summed E-state index contributed by atoms with van der Waals surface area (Å²) in [6, 6.07) is 19.9. The van der Waals surface area contributed by atoms with Crippen LogP contribution in [0.2, 0.25) is 0 Å². The van der Waals surface area contributed by atoms with E-state index >= 15 is 0 Å². The van der Waals surface area contributed by atoms with Crippen LogP contribution in [0.25, 0.3) is 11.1 Å². The summed E-state index contributed by atoms with van der Waals surface area (Å²) in [6.07, 6.45) is -1.55. The molecule has 0 saturated carbocycles. The second kappa shape index (κ2) is 13.5. The lowest BCUT2D eigenvalue weighted by Gasteiger charge is -2.18. The van der Waals surface area contributed by atoms with Crippen LogP contribution in [0.1, 0.15) is 29.2 Å². The SMILES string of the molecule is Cc1cc(-c2cc(C)c(OCC(O)COc3ccc(S(=O)(=O)c4ccc(OCC(C)O)cc4)cc3)c(C)c2)cc(C)c1O. The monoisotopic (exact) mass is 606 g/mol. The molecule has 43 heavy (non-hydrogen) atoms. The van der Waals surface area contributed by atoms with Crippen molar-refractivity contribution in [3.8, 4) is 34.1 Å². The van der Waals surface area contributed by atoms with Crippen molar-refractivity contribution in [1.29, 1.82) is 0 Å². The Hall–Kier alpha value is -4.05. The zero-order valence-electron chi connectivity index (χ0n) is 25.0. The Kier molecular flexibility index (Phi) is 10.0. The standard InChI is InChI=1S/C34H38O8S/c1-21-14-26(15-22(2)33(21)37)27-16-23(3)34(24(4)17-27)42-20-28(36)19-41-30-8-12-32(13-9-30)43(38,39)31-10-6-29(7-11-31)40-18-25(5)35/h6-17,25,28,35-37H,18-20H2,1-5H3. The maximum Gasteiger partial charge on any atom is 0.206 e. The number of sulfone groups is 1. The molecule has 228 valence electrons. The van der Waals surface area contributed by atoms with Gasteiger partial charge in [-0.05, 0) is 141 Å². The zero-order chi connectivity index (χ0) is 31.3. The number of hydrogen-bond acceptors (Lipinski definition) is 8. The molecule has 2 unspecified atom stereocenters. The molecule has 0 aliphatic heterocycles. The first kappa shape index (κ1) is 31.9. The molecule has 0 aliphatic rings. The second-order valence-electron chi connectivity index (χ2n) is 10.8. The Morgan fingerprint density at radius 2 is 1.02 bits per heavy atom.